The first-order chi connectivity index (χ1) is 6.89. The van der Waals surface area contributed by atoms with Crippen LogP contribution in [0, 0.1) is 0 Å². The van der Waals surface area contributed by atoms with Gasteiger partial charge in [0.15, 0.2) is 0 Å². The minimum Gasteiger partial charge on any atom is -0.449 e. The average molecular weight is 284 g/mol. The van der Waals surface area contributed by atoms with E-state index >= 15 is 0 Å². The molecule has 1 heterocycles. The molecule has 0 atom stereocenters. The zero-order chi connectivity index (χ0) is 11.6. The molecule has 0 amide bonds. The number of hydrogen-bond donors (Lipinski definition) is 0. The SMILES string of the molecule is CCc1nn(CC)c(C[B-](F)(F)F)c1Br. The average Bonchev–Trinajstić information content (AvgIpc) is 2.42. The Hall–Kier alpha value is -0.455. The van der Waals surface area contributed by atoms with Crippen molar-refractivity contribution in [3.63, 3.8) is 0 Å². The molecule has 1 aromatic rings. The van der Waals surface area contributed by atoms with E-state index in [2.05, 4.69) is 21.0 Å². The summed E-state index contributed by atoms with van der Waals surface area (Å²) in [6.07, 6.45) is -0.243. The molecule has 0 aliphatic rings. The predicted molar refractivity (Wildman–Crippen MR) is 57.8 cm³/mol. The lowest BCUT2D eigenvalue weighted by molar-refractivity contribution is 0.461. The molecule has 1 rings (SSSR count). The predicted octanol–water partition coefficient (Wildman–Crippen LogP) is 3.16. The van der Waals surface area contributed by atoms with Crippen LogP contribution in [-0.4, -0.2) is 16.8 Å². The normalized spacial score (nSPS) is 12.1. The first kappa shape index (κ1) is 12.6. The van der Waals surface area contributed by atoms with Gasteiger partial charge in [-0.05, 0) is 35.6 Å². The topological polar surface area (TPSA) is 17.8 Å². The summed E-state index contributed by atoms with van der Waals surface area (Å²) >= 11 is 3.18. The lowest BCUT2D eigenvalue weighted by Gasteiger charge is -2.14. The molecule has 15 heavy (non-hydrogen) atoms. The summed E-state index contributed by atoms with van der Waals surface area (Å²) in [6.45, 7) is -0.699. The third-order valence-corrected chi connectivity index (χ3v) is 3.03. The van der Waals surface area contributed by atoms with Gasteiger partial charge in [-0.25, -0.2) is 0 Å². The summed E-state index contributed by atoms with van der Waals surface area (Å²) in [5.74, 6) is 0. The zero-order valence-corrected chi connectivity index (χ0v) is 10.2. The third kappa shape index (κ3) is 3.00. The van der Waals surface area contributed by atoms with Gasteiger partial charge in [0.1, 0.15) is 0 Å². The van der Waals surface area contributed by atoms with Crippen molar-refractivity contribution < 1.29 is 12.9 Å². The lowest BCUT2D eigenvalue weighted by atomic mass is 9.84. The molecule has 0 N–H and O–H groups in total. The van der Waals surface area contributed by atoms with Crippen molar-refractivity contribution in [1.82, 2.24) is 9.78 Å². The fourth-order valence-corrected chi connectivity index (χ4v) is 2.16. The quantitative estimate of drug-likeness (QED) is 0.776. The second-order valence-corrected chi connectivity index (χ2v) is 4.08. The van der Waals surface area contributed by atoms with Crippen molar-refractivity contribution in [3.05, 3.63) is 15.9 Å². The number of nitrogens with zero attached hydrogens (tertiary/aromatic N) is 2. The van der Waals surface area contributed by atoms with Crippen molar-refractivity contribution in [2.24, 2.45) is 0 Å². The number of aryl methyl sites for hydroxylation is 2. The van der Waals surface area contributed by atoms with Crippen molar-refractivity contribution in [1.29, 1.82) is 0 Å². The van der Waals surface area contributed by atoms with Gasteiger partial charge in [0, 0.05) is 12.2 Å². The highest BCUT2D eigenvalue weighted by Gasteiger charge is 2.27. The highest BCUT2D eigenvalue weighted by Crippen LogP contribution is 2.26. The van der Waals surface area contributed by atoms with Crippen molar-refractivity contribution in [2.45, 2.75) is 33.1 Å². The largest absolute Gasteiger partial charge is 0.484 e. The molecule has 2 nitrogen and oxygen atoms in total. The van der Waals surface area contributed by atoms with Crippen molar-refractivity contribution >= 4 is 22.9 Å². The molecule has 0 radical (unpaired) electrons. The standard InChI is InChI=1S/C8H12BBrF3N2/c1-3-6-8(10)7(5-9(11,12)13)15(4-2)14-6/h3-5H2,1-2H3/q-1. The molecule has 0 unspecified atom stereocenters. The van der Waals surface area contributed by atoms with E-state index in [4.69, 9.17) is 0 Å². The van der Waals surface area contributed by atoms with Gasteiger partial charge in [-0.15, -0.1) is 0 Å². The molecular weight excluding hydrogens is 272 g/mol. The molecule has 0 saturated heterocycles. The maximum Gasteiger partial charge on any atom is 0.484 e. The Balaban J connectivity index is 3.09. The fourth-order valence-electron chi connectivity index (χ4n) is 1.43. The van der Waals surface area contributed by atoms with Crippen molar-refractivity contribution in [3.8, 4) is 0 Å². The Bertz CT molecular complexity index is 348. The summed E-state index contributed by atoms with van der Waals surface area (Å²) in [6, 6.07) is 0. The highest BCUT2D eigenvalue weighted by molar-refractivity contribution is 9.10. The lowest BCUT2D eigenvalue weighted by Crippen LogP contribution is -2.22. The highest BCUT2D eigenvalue weighted by atomic mass is 79.9. The monoisotopic (exact) mass is 283 g/mol. The van der Waals surface area contributed by atoms with E-state index in [1.165, 1.54) is 4.68 Å². The van der Waals surface area contributed by atoms with Crippen LogP contribution in [0.4, 0.5) is 12.9 Å². The Kier molecular flexibility index (Phi) is 3.86. The molecule has 1 aromatic heterocycles. The molecule has 0 spiro atoms. The van der Waals surface area contributed by atoms with E-state index in [1.54, 1.807) is 6.92 Å². The molecule has 0 saturated carbocycles. The second kappa shape index (κ2) is 4.59. The fraction of sp³-hybridized carbons (Fsp3) is 0.625. The molecular formula is C8H12BBrF3N2-. The van der Waals surface area contributed by atoms with E-state index in [0.717, 1.165) is 0 Å². The van der Waals surface area contributed by atoms with E-state index < -0.39 is 13.3 Å². The molecule has 86 valence electrons. The maximum atomic E-state index is 12.4. The summed E-state index contributed by atoms with van der Waals surface area (Å²) in [4.78, 5) is 0. The van der Waals surface area contributed by atoms with Crippen LogP contribution < -0.4 is 0 Å². The first-order valence-electron chi connectivity index (χ1n) is 4.84. The minimum absolute atomic E-state index is 0.238. The van der Waals surface area contributed by atoms with Gasteiger partial charge in [-0.1, -0.05) is 6.92 Å². The Labute approximate surface area is 95.0 Å². The Morgan fingerprint density at radius 2 is 1.93 bits per heavy atom. The van der Waals surface area contributed by atoms with Gasteiger partial charge in [-0.3, -0.25) is 4.68 Å². The molecule has 0 aliphatic heterocycles. The molecule has 7 heteroatoms. The number of halogens is 4. The maximum absolute atomic E-state index is 12.4. The van der Waals surface area contributed by atoms with Gasteiger partial charge in [0.05, 0.1) is 10.2 Å². The van der Waals surface area contributed by atoms with Crippen LogP contribution in [0.15, 0.2) is 4.47 Å². The van der Waals surface area contributed by atoms with Crippen LogP contribution in [0.25, 0.3) is 0 Å². The van der Waals surface area contributed by atoms with Gasteiger partial charge < -0.3 is 12.9 Å². The molecule has 0 fully saturated rings. The summed E-state index contributed by atoms with van der Waals surface area (Å²) < 4.78 is 39.0. The minimum atomic E-state index is -4.81. The van der Waals surface area contributed by atoms with E-state index in [9.17, 15) is 12.9 Å². The number of rotatable bonds is 4. The van der Waals surface area contributed by atoms with Crippen LogP contribution in [0.3, 0.4) is 0 Å². The van der Waals surface area contributed by atoms with Crippen molar-refractivity contribution in [2.75, 3.05) is 0 Å². The Morgan fingerprint density at radius 3 is 2.33 bits per heavy atom. The molecule has 0 bridgehead atoms. The second-order valence-electron chi connectivity index (χ2n) is 3.29. The van der Waals surface area contributed by atoms with Crippen LogP contribution in [0.5, 0.6) is 0 Å². The van der Waals surface area contributed by atoms with Gasteiger partial charge in [-0.2, -0.15) is 5.10 Å². The first-order valence-corrected chi connectivity index (χ1v) is 5.63. The summed E-state index contributed by atoms with van der Waals surface area (Å²) in [5.41, 5.74) is 0.925. The summed E-state index contributed by atoms with van der Waals surface area (Å²) in [5, 5.41) is 4.11. The van der Waals surface area contributed by atoms with Crippen LogP contribution >= 0.6 is 15.9 Å². The van der Waals surface area contributed by atoms with Gasteiger partial charge >= 0.3 is 6.98 Å². The van der Waals surface area contributed by atoms with Crippen LogP contribution in [0.1, 0.15) is 25.2 Å². The molecule has 0 aromatic carbocycles. The van der Waals surface area contributed by atoms with Gasteiger partial charge in [0.2, 0.25) is 0 Å². The van der Waals surface area contributed by atoms with Gasteiger partial charge in [0.25, 0.3) is 0 Å². The number of aromatic nitrogens is 2. The summed E-state index contributed by atoms with van der Waals surface area (Å²) in [7, 11) is 0. The van der Waals surface area contributed by atoms with E-state index in [-0.39, 0.29) is 5.69 Å². The van der Waals surface area contributed by atoms with E-state index in [1.807, 2.05) is 6.92 Å². The Morgan fingerprint density at radius 1 is 1.33 bits per heavy atom. The molecule has 0 aliphatic carbocycles. The van der Waals surface area contributed by atoms with E-state index in [0.29, 0.717) is 23.1 Å². The number of hydrogen-bond acceptors (Lipinski definition) is 1. The zero-order valence-electron chi connectivity index (χ0n) is 8.60. The van der Waals surface area contributed by atoms with Crippen LogP contribution in [0.2, 0.25) is 0 Å². The smallest absolute Gasteiger partial charge is 0.449 e. The third-order valence-electron chi connectivity index (χ3n) is 2.12. The van der Waals surface area contributed by atoms with Crippen LogP contribution in [-0.2, 0) is 19.3 Å².